The predicted octanol–water partition coefficient (Wildman–Crippen LogP) is -1.17. The second-order valence-electron chi connectivity index (χ2n) is 4.53. The van der Waals surface area contributed by atoms with Gasteiger partial charge in [-0.2, -0.15) is 0 Å². The molecular formula is C11H18N2O4. The number of piperazine rings is 1. The van der Waals surface area contributed by atoms with E-state index < -0.39 is 12.1 Å². The molecule has 0 aromatic rings. The quantitative estimate of drug-likeness (QED) is 0.677. The SMILES string of the molecule is COCCN1CC(=O)N2CC[C@@H](O)C[C@H]2C1=O. The molecule has 2 fully saturated rings. The van der Waals surface area contributed by atoms with Crippen LogP contribution in [-0.4, -0.2) is 72.2 Å². The van der Waals surface area contributed by atoms with Crippen LogP contribution in [0.25, 0.3) is 0 Å². The lowest BCUT2D eigenvalue weighted by Crippen LogP contribution is -2.63. The maximum atomic E-state index is 12.1. The first kappa shape index (κ1) is 12.3. The fraction of sp³-hybridized carbons (Fsp3) is 0.818. The molecular weight excluding hydrogens is 224 g/mol. The Morgan fingerprint density at radius 3 is 2.94 bits per heavy atom. The molecule has 6 heteroatoms. The highest BCUT2D eigenvalue weighted by Crippen LogP contribution is 2.23. The molecule has 2 saturated heterocycles. The summed E-state index contributed by atoms with van der Waals surface area (Å²) in [6, 6.07) is -0.475. The Kier molecular flexibility index (Phi) is 3.63. The topological polar surface area (TPSA) is 70.1 Å². The lowest BCUT2D eigenvalue weighted by molar-refractivity contribution is -0.160. The summed E-state index contributed by atoms with van der Waals surface area (Å²) >= 11 is 0. The largest absolute Gasteiger partial charge is 0.393 e. The number of rotatable bonds is 3. The van der Waals surface area contributed by atoms with Gasteiger partial charge in [0, 0.05) is 26.6 Å². The Balaban J connectivity index is 2.06. The summed E-state index contributed by atoms with van der Waals surface area (Å²) in [5.74, 6) is -0.0991. The second-order valence-corrected chi connectivity index (χ2v) is 4.53. The summed E-state index contributed by atoms with van der Waals surface area (Å²) in [5, 5.41) is 9.58. The molecule has 2 rings (SSSR count). The number of aliphatic hydroxyl groups is 1. The van der Waals surface area contributed by atoms with Crippen molar-refractivity contribution in [1.29, 1.82) is 0 Å². The monoisotopic (exact) mass is 242 g/mol. The van der Waals surface area contributed by atoms with Gasteiger partial charge in [0.25, 0.3) is 0 Å². The zero-order chi connectivity index (χ0) is 12.4. The van der Waals surface area contributed by atoms with Crippen molar-refractivity contribution < 1.29 is 19.4 Å². The van der Waals surface area contributed by atoms with Crippen LogP contribution in [0.4, 0.5) is 0 Å². The zero-order valence-corrected chi connectivity index (χ0v) is 9.96. The second kappa shape index (κ2) is 5.01. The van der Waals surface area contributed by atoms with Gasteiger partial charge in [0.2, 0.25) is 11.8 Å². The van der Waals surface area contributed by atoms with E-state index in [9.17, 15) is 14.7 Å². The number of aliphatic hydroxyl groups excluding tert-OH is 1. The smallest absolute Gasteiger partial charge is 0.246 e. The van der Waals surface area contributed by atoms with E-state index in [1.165, 1.54) is 4.90 Å². The van der Waals surface area contributed by atoms with Gasteiger partial charge in [-0.15, -0.1) is 0 Å². The number of carbonyl (C=O) groups excluding carboxylic acids is 2. The fourth-order valence-corrected chi connectivity index (χ4v) is 2.41. The van der Waals surface area contributed by atoms with Crippen LogP contribution in [0.1, 0.15) is 12.8 Å². The molecule has 2 amide bonds. The maximum absolute atomic E-state index is 12.1. The first-order chi connectivity index (χ1) is 8.13. The van der Waals surface area contributed by atoms with Gasteiger partial charge < -0.3 is 19.6 Å². The van der Waals surface area contributed by atoms with Crippen molar-refractivity contribution in [2.75, 3.05) is 33.4 Å². The third-order valence-corrected chi connectivity index (χ3v) is 3.38. The Labute approximate surface area is 100 Å². The number of hydrogen-bond acceptors (Lipinski definition) is 4. The summed E-state index contributed by atoms with van der Waals surface area (Å²) < 4.78 is 4.92. The van der Waals surface area contributed by atoms with Gasteiger partial charge in [-0.25, -0.2) is 0 Å². The number of methoxy groups -OCH3 is 1. The minimum absolute atomic E-state index is 0.0300. The third-order valence-electron chi connectivity index (χ3n) is 3.38. The zero-order valence-electron chi connectivity index (χ0n) is 9.96. The van der Waals surface area contributed by atoms with Crippen LogP contribution in [-0.2, 0) is 14.3 Å². The van der Waals surface area contributed by atoms with Crippen LogP contribution in [0.5, 0.6) is 0 Å². The molecule has 0 bridgehead atoms. The first-order valence-electron chi connectivity index (χ1n) is 5.88. The summed E-state index contributed by atoms with van der Waals surface area (Å²) in [7, 11) is 1.56. The summed E-state index contributed by atoms with van der Waals surface area (Å²) in [6.07, 6.45) is 0.442. The Bertz CT molecular complexity index is 321. The molecule has 2 aliphatic rings. The van der Waals surface area contributed by atoms with Crippen LogP contribution in [0.3, 0.4) is 0 Å². The van der Waals surface area contributed by atoms with E-state index in [1.54, 1.807) is 12.0 Å². The van der Waals surface area contributed by atoms with E-state index in [2.05, 4.69) is 0 Å². The number of amides is 2. The van der Waals surface area contributed by atoms with E-state index in [0.717, 1.165) is 0 Å². The molecule has 0 spiro atoms. The normalized spacial score (nSPS) is 29.5. The van der Waals surface area contributed by atoms with E-state index >= 15 is 0 Å². The minimum Gasteiger partial charge on any atom is -0.393 e. The van der Waals surface area contributed by atoms with Crippen molar-refractivity contribution >= 4 is 11.8 Å². The van der Waals surface area contributed by atoms with Crippen LogP contribution in [0.2, 0.25) is 0 Å². The van der Waals surface area contributed by atoms with Gasteiger partial charge in [0.15, 0.2) is 0 Å². The Morgan fingerprint density at radius 1 is 1.47 bits per heavy atom. The highest BCUT2D eigenvalue weighted by atomic mass is 16.5. The third kappa shape index (κ3) is 2.42. The lowest BCUT2D eigenvalue weighted by atomic mass is 9.96. The van der Waals surface area contributed by atoms with Crippen LogP contribution in [0.15, 0.2) is 0 Å². The van der Waals surface area contributed by atoms with E-state index in [1.807, 2.05) is 0 Å². The average Bonchev–Trinajstić information content (AvgIpc) is 2.32. The number of nitrogens with zero attached hydrogens (tertiary/aromatic N) is 2. The van der Waals surface area contributed by atoms with Crippen molar-refractivity contribution in [1.82, 2.24) is 9.80 Å². The predicted molar refractivity (Wildman–Crippen MR) is 59.2 cm³/mol. The molecule has 0 radical (unpaired) electrons. The standard InChI is InChI=1S/C11H18N2O4/c1-17-5-4-12-7-10(15)13-3-2-8(14)6-9(13)11(12)16/h8-9,14H,2-7H2,1H3/t8-,9+/m1/s1. The average molecular weight is 242 g/mol. The molecule has 2 aliphatic heterocycles. The van der Waals surface area contributed by atoms with Gasteiger partial charge in [0.1, 0.15) is 6.04 Å². The van der Waals surface area contributed by atoms with Gasteiger partial charge in [-0.05, 0) is 6.42 Å². The van der Waals surface area contributed by atoms with Gasteiger partial charge in [-0.1, -0.05) is 0 Å². The molecule has 0 aromatic carbocycles. The molecule has 17 heavy (non-hydrogen) atoms. The molecule has 6 nitrogen and oxygen atoms in total. The summed E-state index contributed by atoms with van der Waals surface area (Å²) in [6.45, 7) is 1.47. The van der Waals surface area contributed by atoms with E-state index in [4.69, 9.17) is 4.74 Å². The number of carbonyl (C=O) groups is 2. The van der Waals surface area contributed by atoms with Crippen molar-refractivity contribution in [3.8, 4) is 0 Å². The fourth-order valence-electron chi connectivity index (χ4n) is 2.41. The van der Waals surface area contributed by atoms with Gasteiger partial charge in [-0.3, -0.25) is 9.59 Å². The van der Waals surface area contributed by atoms with Crippen LogP contribution < -0.4 is 0 Å². The van der Waals surface area contributed by atoms with Crippen molar-refractivity contribution in [2.24, 2.45) is 0 Å². The highest BCUT2D eigenvalue weighted by Gasteiger charge is 2.42. The van der Waals surface area contributed by atoms with E-state index in [0.29, 0.717) is 32.5 Å². The number of ether oxygens (including phenoxy) is 1. The molecule has 96 valence electrons. The molecule has 1 N–H and O–H groups in total. The highest BCUT2D eigenvalue weighted by molar-refractivity contribution is 5.95. The van der Waals surface area contributed by atoms with E-state index in [-0.39, 0.29) is 18.4 Å². The van der Waals surface area contributed by atoms with Crippen LogP contribution >= 0.6 is 0 Å². The Morgan fingerprint density at radius 2 is 2.24 bits per heavy atom. The summed E-state index contributed by atoms with van der Waals surface area (Å²) in [4.78, 5) is 27.1. The molecule has 0 unspecified atom stereocenters. The first-order valence-corrected chi connectivity index (χ1v) is 5.88. The molecule has 0 aliphatic carbocycles. The summed E-state index contributed by atoms with van der Waals surface area (Å²) in [5.41, 5.74) is 0. The van der Waals surface area contributed by atoms with Crippen LogP contribution in [0, 0.1) is 0 Å². The van der Waals surface area contributed by atoms with Gasteiger partial charge in [0.05, 0.1) is 19.3 Å². The van der Waals surface area contributed by atoms with Crippen molar-refractivity contribution in [3.63, 3.8) is 0 Å². The van der Waals surface area contributed by atoms with Gasteiger partial charge >= 0.3 is 0 Å². The maximum Gasteiger partial charge on any atom is 0.246 e. The minimum atomic E-state index is -0.477. The van der Waals surface area contributed by atoms with Crippen molar-refractivity contribution in [2.45, 2.75) is 25.0 Å². The number of piperidine rings is 1. The van der Waals surface area contributed by atoms with Crippen molar-refractivity contribution in [3.05, 3.63) is 0 Å². The molecule has 0 aromatic heterocycles. The molecule has 0 saturated carbocycles. The number of hydrogen-bond donors (Lipinski definition) is 1. The molecule has 2 atom stereocenters. The lowest BCUT2D eigenvalue weighted by Gasteiger charge is -2.43. The Hall–Kier alpha value is -1.14. The molecule has 2 heterocycles. The number of fused-ring (bicyclic) bond motifs is 1.